The summed E-state index contributed by atoms with van der Waals surface area (Å²) in [5.41, 5.74) is 0.747. The standard InChI is InChI=1S/C16H21N3O2/c1-18(11-13-9-15(20)10-13)12-16(21)19(8-7-17)14-5-3-2-4-6-14/h2-6,13,15,20H,8-12H2,1H3. The zero-order valence-electron chi connectivity index (χ0n) is 12.3. The topological polar surface area (TPSA) is 67.6 Å². The maximum Gasteiger partial charge on any atom is 0.242 e. The first-order valence-electron chi connectivity index (χ1n) is 7.19. The molecule has 1 saturated carbocycles. The van der Waals surface area contributed by atoms with E-state index in [0.717, 1.165) is 25.1 Å². The van der Waals surface area contributed by atoms with Crippen molar-refractivity contribution < 1.29 is 9.90 Å². The summed E-state index contributed by atoms with van der Waals surface area (Å²) in [5.74, 6) is 0.393. The van der Waals surface area contributed by atoms with Gasteiger partial charge in [0.25, 0.3) is 0 Å². The van der Waals surface area contributed by atoms with E-state index in [9.17, 15) is 9.90 Å². The van der Waals surface area contributed by atoms with E-state index in [1.165, 1.54) is 4.90 Å². The molecular weight excluding hydrogens is 266 g/mol. The van der Waals surface area contributed by atoms with Crippen molar-refractivity contribution in [2.75, 3.05) is 31.6 Å². The second-order valence-corrected chi connectivity index (χ2v) is 5.66. The lowest BCUT2D eigenvalue weighted by atomic mass is 9.82. The second-order valence-electron chi connectivity index (χ2n) is 5.66. The second kappa shape index (κ2) is 7.21. The van der Waals surface area contributed by atoms with E-state index in [0.29, 0.717) is 5.92 Å². The molecule has 0 saturated heterocycles. The molecule has 5 nitrogen and oxygen atoms in total. The third-order valence-corrected chi connectivity index (χ3v) is 3.78. The van der Waals surface area contributed by atoms with Gasteiger partial charge in [0.05, 0.1) is 18.7 Å². The smallest absolute Gasteiger partial charge is 0.242 e. The van der Waals surface area contributed by atoms with Crippen LogP contribution < -0.4 is 4.90 Å². The molecule has 1 aliphatic rings. The Morgan fingerprint density at radius 1 is 1.38 bits per heavy atom. The lowest BCUT2D eigenvalue weighted by Gasteiger charge is -2.34. The number of aliphatic hydroxyl groups is 1. The number of hydrogen-bond donors (Lipinski definition) is 1. The molecule has 1 amide bonds. The SMILES string of the molecule is CN(CC(=O)N(CC#N)c1ccccc1)CC1CC(O)C1. The first kappa shape index (κ1) is 15.5. The molecule has 0 bridgehead atoms. The van der Waals surface area contributed by atoms with Gasteiger partial charge < -0.3 is 5.11 Å². The molecule has 5 heteroatoms. The highest BCUT2D eigenvalue weighted by Crippen LogP contribution is 2.27. The molecule has 0 aromatic heterocycles. The number of aliphatic hydroxyl groups excluding tert-OH is 1. The molecule has 0 spiro atoms. The van der Waals surface area contributed by atoms with Gasteiger partial charge in [0.2, 0.25) is 5.91 Å². The van der Waals surface area contributed by atoms with Crippen molar-refractivity contribution in [3.05, 3.63) is 30.3 Å². The predicted octanol–water partition coefficient (Wildman–Crippen LogP) is 1.25. The third kappa shape index (κ3) is 4.28. The highest BCUT2D eigenvalue weighted by molar-refractivity contribution is 5.95. The van der Waals surface area contributed by atoms with Crippen LogP contribution >= 0.6 is 0 Å². The molecule has 21 heavy (non-hydrogen) atoms. The van der Waals surface area contributed by atoms with Gasteiger partial charge in [-0.25, -0.2) is 0 Å². The van der Waals surface area contributed by atoms with Crippen LogP contribution in [0.3, 0.4) is 0 Å². The van der Waals surface area contributed by atoms with Gasteiger partial charge in [-0.2, -0.15) is 5.26 Å². The molecule has 1 N–H and O–H groups in total. The monoisotopic (exact) mass is 287 g/mol. The summed E-state index contributed by atoms with van der Waals surface area (Å²) in [6.07, 6.45) is 1.47. The van der Waals surface area contributed by atoms with E-state index in [1.54, 1.807) is 0 Å². The summed E-state index contributed by atoms with van der Waals surface area (Å²) in [6.45, 7) is 1.14. The number of benzene rings is 1. The molecular formula is C16H21N3O2. The molecule has 1 fully saturated rings. The van der Waals surface area contributed by atoms with Crippen LogP contribution in [0.5, 0.6) is 0 Å². The number of nitrogens with zero attached hydrogens (tertiary/aromatic N) is 3. The number of anilines is 1. The normalized spacial score (nSPS) is 20.7. The quantitative estimate of drug-likeness (QED) is 0.800. The Morgan fingerprint density at radius 2 is 2.05 bits per heavy atom. The van der Waals surface area contributed by atoms with E-state index < -0.39 is 0 Å². The summed E-state index contributed by atoms with van der Waals surface area (Å²) in [4.78, 5) is 15.9. The van der Waals surface area contributed by atoms with E-state index in [2.05, 4.69) is 0 Å². The summed E-state index contributed by atoms with van der Waals surface area (Å²) in [5, 5.41) is 18.2. The highest BCUT2D eigenvalue weighted by Gasteiger charge is 2.28. The molecule has 0 aliphatic heterocycles. The average Bonchev–Trinajstić information content (AvgIpc) is 2.43. The predicted molar refractivity (Wildman–Crippen MR) is 80.6 cm³/mol. The van der Waals surface area contributed by atoms with Crippen LogP contribution in [0.1, 0.15) is 12.8 Å². The summed E-state index contributed by atoms with van der Waals surface area (Å²) < 4.78 is 0. The van der Waals surface area contributed by atoms with Gasteiger partial charge in [-0.3, -0.25) is 14.6 Å². The van der Waals surface area contributed by atoms with Crippen molar-refractivity contribution in [3.8, 4) is 6.07 Å². The Hall–Kier alpha value is -1.90. The minimum atomic E-state index is -0.168. The number of hydrogen-bond acceptors (Lipinski definition) is 4. The number of nitriles is 1. The molecule has 112 valence electrons. The zero-order valence-corrected chi connectivity index (χ0v) is 12.3. The molecule has 1 aliphatic carbocycles. The largest absolute Gasteiger partial charge is 0.393 e. The van der Waals surface area contributed by atoms with Crippen LogP contribution in [0, 0.1) is 17.2 Å². The van der Waals surface area contributed by atoms with Crippen molar-refractivity contribution >= 4 is 11.6 Å². The van der Waals surface area contributed by atoms with E-state index >= 15 is 0 Å². The van der Waals surface area contributed by atoms with Gasteiger partial charge in [0.1, 0.15) is 6.54 Å². The van der Waals surface area contributed by atoms with Crippen molar-refractivity contribution in [2.45, 2.75) is 18.9 Å². The molecule has 1 aromatic carbocycles. The summed E-state index contributed by atoms with van der Waals surface area (Å²) >= 11 is 0. The van der Waals surface area contributed by atoms with Crippen molar-refractivity contribution in [1.82, 2.24) is 4.90 Å². The molecule has 2 rings (SSSR count). The van der Waals surface area contributed by atoms with Gasteiger partial charge in [-0.1, -0.05) is 18.2 Å². The third-order valence-electron chi connectivity index (χ3n) is 3.78. The van der Waals surface area contributed by atoms with Crippen LogP contribution in [0.15, 0.2) is 30.3 Å². The van der Waals surface area contributed by atoms with E-state index in [4.69, 9.17) is 5.26 Å². The highest BCUT2D eigenvalue weighted by atomic mass is 16.3. The Balaban J connectivity index is 1.91. The fraction of sp³-hybridized carbons (Fsp3) is 0.500. The van der Waals surface area contributed by atoms with Crippen LogP contribution in [-0.4, -0.2) is 48.7 Å². The Kier molecular flexibility index (Phi) is 5.32. The zero-order chi connectivity index (χ0) is 15.2. The number of likely N-dealkylation sites (N-methyl/N-ethyl adjacent to an activating group) is 1. The average molecular weight is 287 g/mol. The fourth-order valence-corrected chi connectivity index (χ4v) is 2.67. The maximum atomic E-state index is 12.4. The molecule has 1 aromatic rings. The van der Waals surface area contributed by atoms with Crippen molar-refractivity contribution in [2.24, 2.45) is 5.92 Å². The van der Waals surface area contributed by atoms with Gasteiger partial charge in [0, 0.05) is 12.2 Å². The summed E-state index contributed by atoms with van der Waals surface area (Å²) in [6, 6.07) is 11.3. The molecule has 0 radical (unpaired) electrons. The van der Waals surface area contributed by atoms with Crippen LogP contribution in [-0.2, 0) is 4.79 Å². The number of para-hydroxylation sites is 1. The van der Waals surface area contributed by atoms with Crippen molar-refractivity contribution in [3.63, 3.8) is 0 Å². The molecule has 0 heterocycles. The lowest BCUT2D eigenvalue weighted by Crippen LogP contribution is -2.43. The molecule has 0 unspecified atom stereocenters. The van der Waals surface area contributed by atoms with Gasteiger partial charge in [0.15, 0.2) is 0 Å². The van der Waals surface area contributed by atoms with Crippen LogP contribution in [0.4, 0.5) is 5.69 Å². The first-order valence-corrected chi connectivity index (χ1v) is 7.19. The summed E-state index contributed by atoms with van der Waals surface area (Å²) in [7, 11) is 1.90. The van der Waals surface area contributed by atoms with Gasteiger partial charge in [-0.05, 0) is 37.9 Å². The van der Waals surface area contributed by atoms with Gasteiger partial charge >= 0.3 is 0 Å². The first-order chi connectivity index (χ1) is 10.1. The van der Waals surface area contributed by atoms with Crippen LogP contribution in [0.2, 0.25) is 0 Å². The number of carbonyl (C=O) groups is 1. The van der Waals surface area contributed by atoms with Crippen molar-refractivity contribution in [1.29, 1.82) is 5.26 Å². The minimum Gasteiger partial charge on any atom is -0.393 e. The molecule has 0 atom stereocenters. The van der Waals surface area contributed by atoms with Gasteiger partial charge in [-0.15, -0.1) is 0 Å². The van der Waals surface area contributed by atoms with Crippen LogP contribution in [0.25, 0.3) is 0 Å². The minimum absolute atomic E-state index is 0.0544. The fourth-order valence-electron chi connectivity index (χ4n) is 2.67. The maximum absolute atomic E-state index is 12.4. The van der Waals surface area contributed by atoms with E-state index in [1.807, 2.05) is 48.3 Å². The van der Waals surface area contributed by atoms with E-state index in [-0.39, 0.29) is 25.1 Å². The number of amides is 1. The lowest BCUT2D eigenvalue weighted by molar-refractivity contribution is -0.119. The number of carbonyl (C=O) groups excluding carboxylic acids is 1. The Labute approximate surface area is 125 Å². The Morgan fingerprint density at radius 3 is 2.62 bits per heavy atom. The Bertz CT molecular complexity index is 506. The number of rotatable bonds is 6.